The second-order valence-electron chi connectivity index (χ2n) is 10.5. The average molecular weight is 486 g/mol. The molecule has 1 aliphatic rings. The third kappa shape index (κ3) is 6.84. The normalized spacial score (nSPS) is 17.8. The molecule has 3 rings (SSSR count). The summed E-state index contributed by atoms with van der Waals surface area (Å²) in [5, 5.41) is 5.83. The number of hydrogen-bond donors (Lipinski definition) is 2. The lowest BCUT2D eigenvalue weighted by atomic mass is 9.88. The highest BCUT2D eigenvalue weighted by Crippen LogP contribution is 2.37. The third-order valence-corrected chi connectivity index (χ3v) is 6.99. The van der Waals surface area contributed by atoms with Crippen molar-refractivity contribution >= 4 is 35.2 Å². The molecule has 1 aliphatic heterocycles. The molecule has 2 amide bonds. The quantitative estimate of drug-likeness (QED) is 0.580. The van der Waals surface area contributed by atoms with Gasteiger partial charge in [-0.1, -0.05) is 36.4 Å². The molecule has 1 saturated heterocycles. The van der Waals surface area contributed by atoms with Gasteiger partial charge in [-0.25, -0.2) is 4.79 Å². The van der Waals surface area contributed by atoms with Crippen LogP contribution in [0, 0.1) is 0 Å². The molecule has 0 spiro atoms. The van der Waals surface area contributed by atoms with Gasteiger partial charge in [0.15, 0.2) is 0 Å². The van der Waals surface area contributed by atoms with Crippen molar-refractivity contribution in [3.63, 3.8) is 0 Å². The van der Waals surface area contributed by atoms with Gasteiger partial charge in [0.05, 0.1) is 22.1 Å². The van der Waals surface area contributed by atoms with Crippen molar-refractivity contribution in [2.45, 2.75) is 77.7 Å². The van der Waals surface area contributed by atoms with Crippen LogP contribution in [-0.4, -0.2) is 48.5 Å². The number of hydrogen-bond acceptors (Lipinski definition) is 6. The van der Waals surface area contributed by atoms with Gasteiger partial charge in [0.2, 0.25) is 0 Å². The van der Waals surface area contributed by atoms with Crippen LogP contribution in [0.2, 0.25) is 0 Å². The monoisotopic (exact) mass is 486 g/mol. The molecule has 0 bridgehead atoms. The van der Waals surface area contributed by atoms with E-state index in [-0.39, 0.29) is 18.5 Å². The molecular formula is C25H35BN2O5S. The van der Waals surface area contributed by atoms with E-state index < -0.39 is 30.0 Å². The lowest BCUT2D eigenvalue weighted by molar-refractivity contribution is 0.00578. The lowest BCUT2D eigenvalue weighted by Crippen LogP contribution is -2.46. The Hall–Kier alpha value is -2.36. The fraction of sp³-hybridized carbons (Fsp3) is 0.520. The van der Waals surface area contributed by atoms with E-state index in [1.165, 1.54) is 11.3 Å². The lowest BCUT2D eigenvalue weighted by Gasteiger charge is -2.32. The zero-order valence-corrected chi connectivity index (χ0v) is 21.9. The fourth-order valence-corrected chi connectivity index (χ4v) is 4.28. The summed E-state index contributed by atoms with van der Waals surface area (Å²) in [5.74, 6) is -0.209. The number of carbonyl (C=O) groups excluding carboxylic acids is 2. The van der Waals surface area contributed by atoms with E-state index >= 15 is 0 Å². The first kappa shape index (κ1) is 26.3. The standard InChI is InChI=1S/C25H35BN2O5S/c1-23(2,3)31-22(30)27-16-18(15-17-11-9-8-10-12-17)28-21(29)19-13-14-20(34-19)26-32-24(4,5)25(6,7)33-26/h8-14,18H,15-16H2,1-7H3,(H,27,30)(H,28,29). The Balaban J connectivity index is 1.67. The van der Waals surface area contributed by atoms with Gasteiger partial charge in [-0.15, -0.1) is 11.3 Å². The van der Waals surface area contributed by atoms with Crippen molar-refractivity contribution in [1.82, 2.24) is 10.6 Å². The Bertz CT molecular complexity index is 984. The molecule has 0 aliphatic carbocycles. The van der Waals surface area contributed by atoms with E-state index in [1.54, 1.807) is 6.07 Å². The van der Waals surface area contributed by atoms with Crippen LogP contribution in [0.25, 0.3) is 0 Å². The maximum atomic E-state index is 13.1. The molecule has 2 N–H and O–H groups in total. The number of benzene rings is 1. The summed E-state index contributed by atoms with van der Waals surface area (Å²) >= 11 is 1.35. The van der Waals surface area contributed by atoms with Crippen molar-refractivity contribution < 1.29 is 23.6 Å². The summed E-state index contributed by atoms with van der Waals surface area (Å²) in [5.41, 5.74) is -0.428. The summed E-state index contributed by atoms with van der Waals surface area (Å²) in [4.78, 5) is 25.8. The van der Waals surface area contributed by atoms with Crippen LogP contribution in [0.5, 0.6) is 0 Å². The number of ether oxygens (including phenoxy) is 1. The smallest absolute Gasteiger partial charge is 0.444 e. The summed E-state index contributed by atoms with van der Waals surface area (Å²) in [6.07, 6.45) is 0.0525. The SMILES string of the molecule is CC(C)(C)OC(=O)NCC(Cc1ccccc1)NC(=O)c1ccc(B2OC(C)(C)C(C)(C)O2)s1. The van der Waals surface area contributed by atoms with Crippen molar-refractivity contribution in [1.29, 1.82) is 0 Å². The van der Waals surface area contributed by atoms with Crippen LogP contribution in [0.15, 0.2) is 42.5 Å². The van der Waals surface area contributed by atoms with Crippen molar-refractivity contribution in [3.05, 3.63) is 52.9 Å². The number of alkyl carbamates (subject to hydrolysis) is 1. The van der Waals surface area contributed by atoms with Crippen molar-refractivity contribution in [2.24, 2.45) is 0 Å². The Labute approximate surface area is 206 Å². The van der Waals surface area contributed by atoms with Crippen LogP contribution in [0.1, 0.15) is 63.7 Å². The van der Waals surface area contributed by atoms with E-state index in [0.29, 0.717) is 11.3 Å². The van der Waals surface area contributed by atoms with Crippen LogP contribution < -0.4 is 15.4 Å². The van der Waals surface area contributed by atoms with Gasteiger partial charge in [-0.2, -0.15) is 0 Å². The largest absolute Gasteiger partial charge is 0.505 e. The number of nitrogens with one attached hydrogen (secondary N) is 2. The molecule has 9 heteroatoms. The third-order valence-electron chi connectivity index (χ3n) is 5.89. The van der Waals surface area contributed by atoms with Crippen molar-refractivity contribution in [2.75, 3.05) is 6.54 Å². The number of rotatable bonds is 7. The maximum Gasteiger partial charge on any atom is 0.505 e. The van der Waals surface area contributed by atoms with Gasteiger partial charge in [0, 0.05) is 11.3 Å². The van der Waals surface area contributed by atoms with Crippen LogP contribution in [0.3, 0.4) is 0 Å². The first-order chi connectivity index (χ1) is 15.8. The molecular weight excluding hydrogens is 451 g/mol. The topological polar surface area (TPSA) is 85.9 Å². The Morgan fingerprint density at radius 2 is 1.65 bits per heavy atom. The van der Waals surface area contributed by atoms with E-state index in [9.17, 15) is 9.59 Å². The van der Waals surface area contributed by atoms with Gasteiger partial charge < -0.3 is 24.7 Å². The second kappa shape index (κ2) is 10.1. The molecule has 34 heavy (non-hydrogen) atoms. The molecule has 1 aromatic carbocycles. The zero-order chi connectivity index (χ0) is 25.1. The predicted molar refractivity (Wildman–Crippen MR) is 136 cm³/mol. The van der Waals surface area contributed by atoms with Gasteiger partial charge in [0.25, 0.3) is 5.91 Å². The summed E-state index contributed by atoms with van der Waals surface area (Å²) in [7, 11) is -0.509. The van der Waals surface area contributed by atoms with Gasteiger partial charge >= 0.3 is 13.2 Å². The van der Waals surface area contributed by atoms with Gasteiger partial charge in [-0.05, 0) is 66.5 Å². The summed E-state index contributed by atoms with van der Waals surface area (Å²) in [6.45, 7) is 13.7. The highest BCUT2D eigenvalue weighted by atomic mass is 32.1. The minimum atomic E-state index is -0.594. The second-order valence-corrected chi connectivity index (χ2v) is 11.6. The van der Waals surface area contributed by atoms with E-state index in [0.717, 1.165) is 10.3 Å². The number of thiophene rings is 1. The average Bonchev–Trinajstić information content (AvgIpc) is 3.28. The summed E-state index contributed by atoms with van der Waals surface area (Å²) in [6, 6.07) is 13.2. The molecule has 7 nitrogen and oxygen atoms in total. The van der Waals surface area contributed by atoms with Crippen LogP contribution in [-0.2, 0) is 20.5 Å². The van der Waals surface area contributed by atoms with Crippen LogP contribution >= 0.6 is 11.3 Å². The first-order valence-electron chi connectivity index (χ1n) is 11.5. The zero-order valence-electron chi connectivity index (χ0n) is 21.1. The van der Waals surface area contributed by atoms with E-state index in [1.807, 2.05) is 84.9 Å². The van der Waals surface area contributed by atoms with E-state index in [2.05, 4.69) is 10.6 Å². The molecule has 2 aromatic rings. The molecule has 1 fully saturated rings. The van der Waals surface area contributed by atoms with Gasteiger partial charge in [0.1, 0.15) is 5.60 Å². The molecule has 2 heterocycles. The Morgan fingerprint density at radius 3 is 2.24 bits per heavy atom. The van der Waals surface area contributed by atoms with E-state index in [4.69, 9.17) is 14.0 Å². The predicted octanol–water partition coefficient (Wildman–Crippen LogP) is 3.91. The molecule has 0 radical (unpaired) electrons. The van der Waals surface area contributed by atoms with Crippen molar-refractivity contribution in [3.8, 4) is 0 Å². The maximum absolute atomic E-state index is 13.1. The summed E-state index contributed by atoms with van der Waals surface area (Å²) < 4.78 is 18.4. The Kier molecular flexibility index (Phi) is 7.80. The minimum absolute atomic E-state index is 0.209. The fourth-order valence-electron chi connectivity index (χ4n) is 3.41. The molecule has 184 valence electrons. The highest BCUT2D eigenvalue weighted by Gasteiger charge is 2.52. The molecule has 1 unspecified atom stereocenters. The molecule has 0 saturated carbocycles. The number of carbonyl (C=O) groups is 2. The highest BCUT2D eigenvalue weighted by molar-refractivity contribution is 7.23. The molecule has 1 aromatic heterocycles. The number of amides is 2. The van der Waals surface area contributed by atoms with Crippen LogP contribution in [0.4, 0.5) is 4.79 Å². The Morgan fingerprint density at radius 1 is 1.03 bits per heavy atom. The minimum Gasteiger partial charge on any atom is -0.444 e. The van der Waals surface area contributed by atoms with Gasteiger partial charge in [-0.3, -0.25) is 4.79 Å². The molecule has 1 atom stereocenters. The first-order valence-corrected chi connectivity index (χ1v) is 12.3.